The molecule has 1 unspecified atom stereocenters. The molecule has 10 rings (SSSR count). The van der Waals surface area contributed by atoms with Gasteiger partial charge in [-0.05, 0) is 83.4 Å². The van der Waals surface area contributed by atoms with Crippen LogP contribution in [-0.2, 0) is 24.7 Å². The number of nitrogens with zero attached hydrogens (tertiary/aromatic N) is 11. The molecule has 1 atom stereocenters. The van der Waals surface area contributed by atoms with Crippen LogP contribution in [0.4, 0.5) is 30.8 Å². The summed E-state index contributed by atoms with van der Waals surface area (Å²) in [6.07, 6.45) is 6.59. The number of hydrogen-bond acceptors (Lipinski definition) is 16. The fourth-order valence-electron chi connectivity index (χ4n) is 9.91. The van der Waals surface area contributed by atoms with Gasteiger partial charge in [0.2, 0.25) is 11.8 Å². The fraction of sp³-hybridized carbons (Fsp3) is 0.532. The number of hydrogen-bond donors (Lipinski definition) is 3. The summed E-state index contributed by atoms with van der Waals surface area (Å²) in [5.74, 6) is -0.579. The number of ether oxygens (including phenoxy) is 1. The number of fused-ring (bicyclic) bond motifs is 1. The van der Waals surface area contributed by atoms with Gasteiger partial charge in [-0.2, -0.15) is 5.10 Å². The van der Waals surface area contributed by atoms with Gasteiger partial charge in [0.25, 0.3) is 5.91 Å². The third-order valence-corrected chi connectivity index (χ3v) is 13.9. The first-order valence-electron chi connectivity index (χ1n) is 23.7. The van der Waals surface area contributed by atoms with E-state index in [4.69, 9.17) is 30.1 Å². The summed E-state index contributed by atoms with van der Waals surface area (Å²) in [7, 11) is 0. The number of carbonyl (C=O) groups is 4. The number of nitrogens with two attached hydrogens (primary N) is 1. The van der Waals surface area contributed by atoms with Crippen LogP contribution in [0, 0.1) is 24.5 Å². The van der Waals surface area contributed by atoms with Crippen molar-refractivity contribution in [3.63, 3.8) is 0 Å². The number of piperazine rings is 1. The Bertz CT molecular complexity index is 2800. The largest absolute Gasteiger partial charge is 0.439 e. The highest BCUT2D eigenvalue weighted by Gasteiger charge is 2.39. The maximum atomic E-state index is 15.3. The summed E-state index contributed by atoms with van der Waals surface area (Å²) in [6, 6.07) is 1.62. The molecule has 0 bridgehead atoms. The summed E-state index contributed by atoms with van der Waals surface area (Å²) < 4.78 is 43.8. The van der Waals surface area contributed by atoms with E-state index in [0.29, 0.717) is 97.8 Å². The Morgan fingerprint density at radius 1 is 0.928 bits per heavy atom. The van der Waals surface area contributed by atoms with Gasteiger partial charge in [-0.25, -0.2) is 38.2 Å². The lowest BCUT2D eigenvalue weighted by molar-refractivity contribution is -0.136. The second-order valence-electron chi connectivity index (χ2n) is 19.9. The van der Waals surface area contributed by atoms with Gasteiger partial charge in [0, 0.05) is 94.7 Å². The molecule has 8 heterocycles. The van der Waals surface area contributed by atoms with Gasteiger partial charge < -0.3 is 35.0 Å². The molecular formula is C47H56F2N14O6. The van der Waals surface area contributed by atoms with E-state index in [1.165, 1.54) is 18.5 Å². The third-order valence-electron chi connectivity index (χ3n) is 13.9. The highest BCUT2D eigenvalue weighted by Crippen LogP contribution is 2.48. The van der Waals surface area contributed by atoms with Crippen molar-refractivity contribution in [1.82, 2.24) is 54.9 Å². The molecule has 4 amide bonds. The highest BCUT2D eigenvalue weighted by atomic mass is 19.1. The van der Waals surface area contributed by atoms with Crippen LogP contribution in [0.2, 0.25) is 0 Å². The summed E-state index contributed by atoms with van der Waals surface area (Å²) in [4.78, 5) is 75.6. The molecule has 20 nitrogen and oxygen atoms in total. The molecule has 5 aromatic rings. The maximum absolute atomic E-state index is 15.3. The van der Waals surface area contributed by atoms with Crippen molar-refractivity contribution in [2.75, 3.05) is 81.5 Å². The summed E-state index contributed by atoms with van der Waals surface area (Å²) in [5, 5.41) is 15.1. The molecular weight excluding hydrogens is 895 g/mol. The minimum Gasteiger partial charge on any atom is -0.439 e. The minimum absolute atomic E-state index is 0.0116. The summed E-state index contributed by atoms with van der Waals surface area (Å²) >= 11 is 0. The topological polar surface area (TPSA) is 236 Å². The SMILES string of the molecule is Cc1nc(-c2c(-c3nn(C(C)(C)C)c4ncnc(N)c34)noc2C2CC2)ncc1C1CN(C(=O)OCC(=O)N2CCC(CN3CCN(c4c(F)cc(NC5CCC(=O)NC5=O)cc4F)CC3)CC2)C1. The van der Waals surface area contributed by atoms with E-state index in [0.717, 1.165) is 43.5 Å². The molecule has 5 aliphatic rings. The number of anilines is 3. The zero-order valence-corrected chi connectivity index (χ0v) is 39.1. The Balaban J connectivity index is 0.680. The van der Waals surface area contributed by atoms with Gasteiger partial charge in [0.05, 0.1) is 16.5 Å². The molecule has 5 fully saturated rings. The summed E-state index contributed by atoms with van der Waals surface area (Å²) in [6.45, 7) is 12.5. The van der Waals surface area contributed by atoms with Crippen molar-refractivity contribution >= 4 is 52.0 Å². The van der Waals surface area contributed by atoms with Crippen molar-refractivity contribution in [1.29, 1.82) is 0 Å². The molecule has 4 N–H and O–H groups in total. The first-order valence-corrected chi connectivity index (χ1v) is 23.7. The zero-order valence-electron chi connectivity index (χ0n) is 39.1. The first kappa shape index (κ1) is 45.9. The number of likely N-dealkylation sites (tertiary alicyclic amines) is 2. The van der Waals surface area contributed by atoms with Gasteiger partial charge in [-0.1, -0.05) is 5.16 Å². The molecule has 4 saturated heterocycles. The lowest BCUT2D eigenvalue weighted by Gasteiger charge is -2.40. The van der Waals surface area contributed by atoms with Crippen LogP contribution in [-0.4, -0.2) is 145 Å². The quantitative estimate of drug-likeness (QED) is 0.154. The van der Waals surface area contributed by atoms with Crippen molar-refractivity contribution in [2.45, 2.75) is 89.6 Å². The molecule has 69 heavy (non-hydrogen) atoms. The van der Waals surface area contributed by atoms with Gasteiger partial charge >= 0.3 is 6.09 Å². The number of aryl methyl sites for hydroxylation is 1. The monoisotopic (exact) mass is 950 g/mol. The lowest BCUT2D eigenvalue weighted by atomic mass is 9.92. The molecule has 1 aromatic carbocycles. The van der Waals surface area contributed by atoms with Crippen LogP contribution in [0.25, 0.3) is 33.8 Å². The molecule has 4 aromatic heterocycles. The fourth-order valence-corrected chi connectivity index (χ4v) is 9.91. The Kier molecular flexibility index (Phi) is 12.1. The molecule has 0 radical (unpaired) electrons. The molecule has 22 heteroatoms. The number of amides is 4. The van der Waals surface area contributed by atoms with Crippen LogP contribution in [0.5, 0.6) is 0 Å². The van der Waals surface area contributed by atoms with E-state index >= 15 is 8.78 Å². The lowest BCUT2D eigenvalue weighted by Crippen LogP contribution is -2.50. The first-order chi connectivity index (χ1) is 33.1. The van der Waals surface area contributed by atoms with Crippen LogP contribution in [0.15, 0.2) is 29.2 Å². The minimum atomic E-state index is -0.746. The van der Waals surface area contributed by atoms with Crippen LogP contribution in [0.3, 0.4) is 0 Å². The van der Waals surface area contributed by atoms with Crippen molar-refractivity contribution in [3.8, 4) is 22.8 Å². The number of nitrogens with one attached hydrogen (secondary N) is 2. The zero-order chi connectivity index (χ0) is 48.3. The number of rotatable bonds is 11. The smallest absolute Gasteiger partial charge is 0.410 e. The predicted molar refractivity (Wildman–Crippen MR) is 248 cm³/mol. The second-order valence-corrected chi connectivity index (χ2v) is 19.9. The molecule has 0 spiro atoms. The number of nitrogen functional groups attached to an aromatic ring is 1. The van der Waals surface area contributed by atoms with E-state index in [-0.39, 0.29) is 60.3 Å². The molecule has 1 aliphatic carbocycles. The Hall–Kier alpha value is -6.84. The Morgan fingerprint density at radius 3 is 2.32 bits per heavy atom. The van der Waals surface area contributed by atoms with Crippen molar-refractivity contribution in [2.24, 2.45) is 5.92 Å². The van der Waals surface area contributed by atoms with Crippen LogP contribution < -0.4 is 21.3 Å². The van der Waals surface area contributed by atoms with Gasteiger partial charge in [-0.3, -0.25) is 24.6 Å². The van der Waals surface area contributed by atoms with Crippen molar-refractivity contribution in [3.05, 3.63) is 53.3 Å². The Morgan fingerprint density at radius 2 is 1.65 bits per heavy atom. The van der Waals surface area contributed by atoms with E-state index in [9.17, 15) is 19.2 Å². The van der Waals surface area contributed by atoms with Gasteiger partial charge in [0.15, 0.2) is 35.5 Å². The molecule has 364 valence electrons. The standard InChI is InChI=1S/C47H56F2N14O6/c1-25-30(19-51-43(54-25)36-39(58-69-41(36)27-5-6-27)38-37-42(50)52-24-53-44(37)63(57-38)47(2,3)4)28-21-62(22-28)46(67)68-23-35(65)60-11-9-26(10-12-60)20-59-13-15-61(16-14-59)40-31(48)17-29(18-32(40)49)55-33-7-8-34(64)56-45(33)66/h17-19,24,26-28,33,55H,5-16,20-23H2,1-4H3,(H2,50,52,53)(H,56,64,66). The van der Waals surface area contributed by atoms with Crippen molar-refractivity contribution < 1.29 is 37.2 Å². The summed E-state index contributed by atoms with van der Waals surface area (Å²) in [5.41, 5.74) is 9.94. The molecule has 4 aliphatic heterocycles. The average molecular weight is 951 g/mol. The van der Waals surface area contributed by atoms with Crippen LogP contribution in [0.1, 0.15) is 88.1 Å². The van der Waals surface area contributed by atoms with E-state index in [1.807, 2.05) is 32.4 Å². The maximum Gasteiger partial charge on any atom is 0.410 e. The van der Waals surface area contributed by atoms with E-state index < -0.39 is 35.2 Å². The number of piperidine rings is 2. The number of aromatic nitrogens is 7. The van der Waals surface area contributed by atoms with E-state index in [1.54, 1.807) is 20.9 Å². The van der Waals surface area contributed by atoms with Crippen LogP contribution >= 0.6 is 0 Å². The van der Waals surface area contributed by atoms with Gasteiger partial charge in [0.1, 0.15) is 35.3 Å². The molecule has 1 saturated carbocycles. The second kappa shape index (κ2) is 18.2. The van der Waals surface area contributed by atoms with Gasteiger partial charge in [-0.15, -0.1) is 0 Å². The highest BCUT2D eigenvalue weighted by molar-refractivity contribution is 6.02. The number of halogens is 2. The average Bonchev–Trinajstić information content (AvgIpc) is 3.91. The normalized spacial score (nSPS) is 19.8. The number of carbonyl (C=O) groups excluding carboxylic acids is 4. The van der Waals surface area contributed by atoms with E-state index in [2.05, 4.69) is 30.7 Å². The third kappa shape index (κ3) is 9.25. The predicted octanol–water partition coefficient (Wildman–Crippen LogP) is 4.55. The number of benzene rings is 1. The number of imide groups is 1. The Labute approximate surface area is 396 Å².